The first-order valence-electron chi connectivity index (χ1n) is 12.5. The van der Waals surface area contributed by atoms with Crippen LogP contribution in [0, 0.1) is 0 Å². The van der Waals surface area contributed by atoms with Crippen LogP contribution in [0.25, 0.3) is 0 Å². The van der Waals surface area contributed by atoms with Crippen LogP contribution in [0.15, 0.2) is 48.5 Å². The summed E-state index contributed by atoms with van der Waals surface area (Å²) in [7, 11) is 1.92. The first-order chi connectivity index (χ1) is 16.9. The number of benzene rings is 2. The van der Waals surface area contributed by atoms with E-state index in [9.17, 15) is 9.59 Å². The normalized spacial score (nSPS) is 14.8. The lowest BCUT2D eigenvalue weighted by atomic mass is 9.92. The summed E-state index contributed by atoms with van der Waals surface area (Å²) in [6.45, 7) is 3.76. The molecule has 0 bridgehead atoms. The van der Waals surface area contributed by atoms with Crippen molar-refractivity contribution in [2.45, 2.75) is 57.5 Å². The van der Waals surface area contributed by atoms with E-state index in [4.69, 9.17) is 16.7 Å². The van der Waals surface area contributed by atoms with Gasteiger partial charge in [0.05, 0.1) is 0 Å². The van der Waals surface area contributed by atoms with E-state index in [1.54, 1.807) is 0 Å². The molecule has 1 unspecified atom stereocenters. The van der Waals surface area contributed by atoms with Gasteiger partial charge in [-0.3, -0.25) is 4.79 Å². The van der Waals surface area contributed by atoms with Gasteiger partial charge in [0.1, 0.15) is 0 Å². The Labute approximate surface area is 213 Å². The molecule has 35 heavy (non-hydrogen) atoms. The number of anilines is 2. The van der Waals surface area contributed by atoms with Crippen LogP contribution in [0.3, 0.4) is 0 Å². The summed E-state index contributed by atoms with van der Waals surface area (Å²) in [5.74, 6) is 0.0556. The number of carboxylic acid groups (broad SMARTS) is 1. The molecule has 1 atom stereocenters. The van der Waals surface area contributed by atoms with Crippen molar-refractivity contribution in [1.82, 2.24) is 15.5 Å². The third-order valence-electron chi connectivity index (χ3n) is 6.54. The minimum absolute atomic E-state index is 0.0556. The molecule has 0 aromatic heterocycles. The van der Waals surface area contributed by atoms with Crippen molar-refractivity contribution in [3.8, 4) is 0 Å². The number of carbonyl (C=O) groups is 2. The monoisotopic (exact) mass is 500 g/mol. The Morgan fingerprint density at radius 1 is 1.09 bits per heavy atom. The summed E-state index contributed by atoms with van der Waals surface area (Å²) in [5.41, 5.74) is 2.43. The van der Waals surface area contributed by atoms with E-state index in [1.807, 2.05) is 55.6 Å². The second-order valence-corrected chi connectivity index (χ2v) is 9.61. The minimum Gasteiger partial charge on any atom is -0.465 e. The molecular formula is C27H37ClN4O3. The Hall–Kier alpha value is -2.77. The zero-order valence-corrected chi connectivity index (χ0v) is 21.4. The van der Waals surface area contributed by atoms with Crippen LogP contribution in [-0.4, -0.2) is 60.8 Å². The lowest BCUT2D eigenvalue weighted by Crippen LogP contribution is -2.50. The molecule has 0 radical (unpaired) electrons. The summed E-state index contributed by atoms with van der Waals surface area (Å²) in [6.07, 6.45) is 5.21. The van der Waals surface area contributed by atoms with Crippen LogP contribution in [0.1, 0.15) is 55.8 Å². The average molecular weight is 501 g/mol. The lowest BCUT2D eigenvalue weighted by molar-refractivity contribution is 0.0535. The Bertz CT molecular complexity index is 980. The van der Waals surface area contributed by atoms with Gasteiger partial charge in [0.2, 0.25) is 0 Å². The van der Waals surface area contributed by atoms with Crippen LogP contribution < -0.4 is 15.5 Å². The molecule has 0 spiro atoms. The summed E-state index contributed by atoms with van der Waals surface area (Å²) in [6, 6.07) is 15.6. The fourth-order valence-corrected chi connectivity index (χ4v) is 5.10. The van der Waals surface area contributed by atoms with E-state index in [0.29, 0.717) is 30.1 Å². The number of hydrogen-bond donors (Lipinski definition) is 3. The number of carbonyl (C=O) groups excluding carboxylic acids is 1. The topological polar surface area (TPSA) is 84.9 Å². The maximum absolute atomic E-state index is 13.8. The average Bonchev–Trinajstić information content (AvgIpc) is 2.85. The third kappa shape index (κ3) is 7.61. The molecule has 8 heteroatoms. The molecule has 1 aliphatic rings. The molecular weight excluding hydrogens is 464 g/mol. The van der Waals surface area contributed by atoms with E-state index in [2.05, 4.69) is 27.4 Å². The number of likely N-dealkylation sites (N-methyl/N-ethyl adjacent to an activating group) is 1. The Morgan fingerprint density at radius 2 is 1.77 bits per heavy atom. The minimum atomic E-state index is -1.04. The summed E-state index contributed by atoms with van der Waals surface area (Å²) < 4.78 is 0. The molecule has 2 aromatic rings. The maximum atomic E-state index is 13.8. The van der Waals surface area contributed by atoms with Crippen molar-refractivity contribution in [1.29, 1.82) is 0 Å². The molecule has 3 rings (SSSR count). The van der Waals surface area contributed by atoms with Gasteiger partial charge in [-0.2, -0.15) is 0 Å². The standard InChI is InChI=1S/C27H37ClN4O3/c1-20(19-29-2)32(23-11-4-3-5-12-23)26(33)21-9-6-13-24(17-21)31(16-8-15-30-27(34)35)25-14-7-10-22(28)18-25/h6-7,9-10,13-14,17-18,20,23,29-30H,3-5,8,11-12,15-16,19H2,1-2H3,(H,34,35). The molecule has 7 nitrogen and oxygen atoms in total. The van der Waals surface area contributed by atoms with E-state index >= 15 is 0 Å². The fourth-order valence-electron chi connectivity index (χ4n) is 4.92. The van der Waals surface area contributed by atoms with Crippen molar-refractivity contribution >= 4 is 35.0 Å². The highest BCUT2D eigenvalue weighted by molar-refractivity contribution is 6.30. The van der Waals surface area contributed by atoms with Crippen LogP contribution >= 0.6 is 11.6 Å². The summed E-state index contributed by atoms with van der Waals surface area (Å²) >= 11 is 6.27. The van der Waals surface area contributed by atoms with E-state index in [-0.39, 0.29) is 18.0 Å². The quantitative estimate of drug-likeness (QED) is 0.354. The van der Waals surface area contributed by atoms with Crippen molar-refractivity contribution in [2.24, 2.45) is 0 Å². The molecule has 1 aliphatic carbocycles. The maximum Gasteiger partial charge on any atom is 0.404 e. The van der Waals surface area contributed by atoms with Gasteiger partial charge in [-0.1, -0.05) is 43.0 Å². The Kier molecular flexibility index (Phi) is 10.2. The second kappa shape index (κ2) is 13.4. The second-order valence-electron chi connectivity index (χ2n) is 9.18. The lowest BCUT2D eigenvalue weighted by Gasteiger charge is -2.39. The first-order valence-corrected chi connectivity index (χ1v) is 12.9. The molecule has 0 aliphatic heterocycles. The smallest absolute Gasteiger partial charge is 0.404 e. The van der Waals surface area contributed by atoms with Gasteiger partial charge >= 0.3 is 6.09 Å². The van der Waals surface area contributed by atoms with Gasteiger partial charge in [-0.25, -0.2) is 4.79 Å². The van der Waals surface area contributed by atoms with Gasteiger partial charge in [0.25, 0.3) is 5.91 Å². The van der Waals surface area contributed by atoms with E-state index in [0.717, 1.165) is 43.6 Å². The highest BCUT2D eigenvalue weighted by Gasteiger charge is 2.30. The molecule has 190 valence electrons. The van der Waals surface area contributed by atoms with Gasteiger partial charge in [-0.05, 0) is 69.6 Å². The van der Waals surface area contributed by atoms with Crippen LogP contribution in [0.2, 0.25) is 5.02 Å². The zero-order valence-electron chi connectivity index (χ0n) is 20.7. The van der Waals surface area contributed by atoms with Gasteiger partial charge < -0.3 is 25.5 Å². The molecule has 1 fully saturated rings. The van der Waals surface area contributed by atoms with Gasteiger partial charge in [-0.15, -0.1) is 0 Å². The van der Waals surface area contributed by atoms with E-state index in [1.165, 1.54) is 6.42 Å². The predicted molar refractivity (Wildman–Crippen MR) is 142 cm³/mol. The first kappa shape index (κ1) is 26.8. The van der Waals surface area contributed by atoms with Crippen molar-refractivity contribution in [3.05, 3.63) is 59.1 Å². The molecule has 2 amide bonds. The molecule has 0 saturated heterocycles. The molecule has 2 aromatic carbocycles. The Balaban J connectivity index is 1.89. The van der Waals surface area contributed by atoms with Crippen LogP contribution in [0.4, 0.5) is 16.2 Å². The zero-order chi connectivity index (χ0) is 25.2. The van der Waals surface area contributed by atoms with Crippen LogP contribution in [0.5, 0.6) is 0 Å². The van der Waals surface area contributed by atoms with Crippen molar-refractivity contribution in [2.75, 3.05) is 31.6 Å². The largest absolute Gasteiger partial charge is 0.465 e. The number of nitrogens with zero attached hydrogens (tertiary/aromatic N) is 2. The van der Waals surface area contributed by atoms with Gasteiger partial charge in [0.15, 0.2) is 0 Å². The Morgan fingerprint density at radius 3 is 2.43 bits per heavy atom. The van der Waals surface area contributed by atoms with Crippen molar-refractivity contribution in [3.63, 3.8) is 0 Å². The molecule has 1 saturated carbocycles. The predicted octanol–water partition coefficient (Wildman–Crippen LogP) is 5.52. The van der Waals surface area contributed by atoms with E-state index < -0.39 is 6.09 Å². The summed E-state index contributed by atoms with van der Waals surface area (Å²) in [5, 5.41) is 15.2. The van der Waals surface area contributed by atoms with Crippen molar-refractivity contribution < 1.29 is 14.7 Å². The molecule has 3 N–H and O–H groups in total. The van der Waals surface area contributed by atoms with Crippen LogP contribution in [-0.2, 0) is 0 Å². The number of amides is 2. The SMILES string of the molecule is CNCC(C)N(C(=O)c1cccc(N(CCCNC(=O)O)c2cccc(Cl)c2)c1)C1CCCCC1. The molecule has 0 heterocycles. The summed E-state index contributed by atoms with van der Waals surface area (Å²) in [4.78, 5) is 28.9. The third-order valence-corrected chi connectivity index (χ3v) is 6.77. The van der Waals surface area contributed by atoms with Gasteiger partial charge in [0, 0.05) is 53.7 Å². The highest BCUT2D eigenvalue weighted by atomic mass is 35.5. The number of hydrogen-bond acceptors (Lipinski definition) is 4. The number of rotatable bonds is 11. The highest BCUT2D eigenvalue weighted by Crippen LogP contribution is 2.30. The number of nitrogens with one attached hydrogen (secondary N) is 2. The number of halogens is 1. The fraction of sp³-hybridized carbons (Fsp3) is 0.481.